The Bertz CT molecular complexity index is 1290. The van der Waals surface area contributed by atoms with Crippen molar-refractivity contribution in [2.24, 2.45) is 0 Å². The molecule has 36 heavy (non-hydrogen) atoms. The van der Waals surface area contributed by atoms with E-state index in [9.17, 15) is 9.59 Å². The van der Waals surface area contributed by atoms with E-state index < -0.39 is 0 Å². The molecule has 1 saturated heterocycles. The summed E-state index contributed by atoms with van der Waals surface area (Å²) in [6.07, 6.45) is 1.52. The van der Waals surface area contributed by atoms with Crippen molar-refractivity contribution in [1.82, 2.24) is 14.9 Å². The summed E-state index contributed by atoms with van der Waals surface area (Å²) in [5, 5.41) is 4.01. The Morgan fingerprint density at radius 3 is 2.31 bits per heavy atom. The fourth-order valence-corrected chi connectivity index (χ4v) is 5.05. The number of para-hydroxylation sites is 1. The van der Waals surface area contributed by atoms with E-state index in [4.69, 9.17) is 23.2 Å². The summed E-state index contributed by atoms with van der Waals surface area (Å²) in [6, 6.07) is 13.1. The van der Waals surface area contributed by atoms with E-state index in [0.29, 0.717) is 33.1 Å². The second-order valence-electron chi connectivity index (χ2n) is 8.74. The van der Waals surface area contributed by atoms with Crippen LogP contribution in [0.15, 0.2) is 48.7 Å². The lowest BCUT2D eigenvalue weighted by molar-refractivity contribution is -0.129. The van der Waals surface area contributed by atoms with Crippen molar-refractivity contribution in [3.05, 3.63) is 64.3 Å². The molecule has 1 aromatic heterocycles. The van der Waals surface area contributed by atoms with Crippen molar-refractivity contribution in [1.29, 1.82) is 0 Å². The summed E-state index contributed by atoms with van der Waals surface area (Å²) in [5.74, 6) is 0.767. The highest BCUT2D eigenvalue weighted by atomic mass is 35.5. The van der Waals surface area contributed by atoms with Crippen LogP contribution in [0.25, 0.3) is 0 Å². The third-order valence-corrected chi connectivity index (χ3v) is 6.99. The molecule has 0 radical (unpaired) electrons. The third-order valence-electron chi connectivity index (χ3n) is 6.38. The van der Waals surface area contributed by atoms with Gasteiger partial charge in [0.15, 0.2) is 0 Å². The van der Waals surface area contributed by atoms with Gasteiger partial charge in [-0.15, -0.1) is 0 Å². The normalized spacial score (nSPS) is 15.7. The van der Waals surface area contributed by atoms with E-state index in [2.05, 4.69) is 20.2 Å². The first-order chi connectivity index (χ1) is 17.3. The number of hydrogen-bond donors (Lipinski definition) is 1. The number of rotatable bonds is 4. The maximum absolute atomic E-state index is 13.2. The third kappa shape index (κ3) is 4.64. The quantitative estimate of drug-likeness (QED) is 0.544. The molecule has 2 aromatic carbocycles. The maximum atomic E-state index is 13.2. The number of nitrogens with one attached hydrogen (secondary N) is 1. The molecule has 1 fully saturated rings. The molecule has 3 aromatic rings. The van der Waals surface area contributed by atoms with Gasteiger partial charge in [0.1, 0.15) is 11.4 Å². The number of halogens is 2. The Morgan fingerprint density at radius 1 is 1.00 bits per heavy atom. The number of benzene rings is 2. The minimum atomic E-state index is -0.265. The van der Waals surface area contributed by atoms with Crippen molar-refractivity contribution in [3.63, 3.8) is 0 Å². The monoisotopic (exact) mass is 525 g/mol. The zero-order valence-electron chi connectivity index (χ0n) is 19.9. The van der Waals surface area contributed by atoms with Crippen molar-refractivity contribution >= 4 is 63.8 Å². The number of piperazine rings is 1. The van der Waals surface area contributed by atoms with E-state index in [-0.39, 0.29) is 18.5 Å². The average molecular weight is 526 g/mol. The standard InChI is InChI=1S/C25H25Cl2N7O2/c1-16(35)32-10-12-33(13-11-32)18-8-6-17(7-9-18)29-25-28-14-19-23(30-25)31(2)15-34(24(19)36)22-20(26)4-3-5-21(22)27/h3-9,14H,10-13,15H2,1-2H3,(H,28,29,30). The fourth-order valence-electron chi connectivity index (χ4n) is 4.45. The summed E-state index contributed by atoms with van der Waals surface area (Å²) in [6.45, 7) is 4.91. The van der Waals surface area contributed by atoms with Crippen molar-refractivity contribution in [2.75, 3.05) is 59.9 Å². The minimum Gasteiger partial charge on any atom is -0.368 e. The Hall–Kier alpha value is -3.56. The highest BCUT2D eigenvalue weighted by Gasteiger charge is 2.32. The lowest BCUT2D eigenvalue weighted by Gasteiger charge is -2.35. The van der Waals surface area contributed by atoms with Crippen LogP contribution < -0.4 is 20.0 Å². The molecule has 186 valence electrons. The number of hydrogen-bond acceptors (Lipinski definition) is 7. The van der Waals surface area contributed by atoms with Crippen LogP contribution in [0.4, 0.5) is 28.8 Å². The molecule has 1 N–H and O–H groups in total. The molecule has 0 unspecified atom stereocenters. The molecule has 0 bridgehead atoms. The van der Waals surface area contributed by atoms with E-state index in [1.54, 1.807) is 25.1 Å². The van der Waals surface area contributed by atoms with Crippen LogP contribution >= 0.6 is 23.2 Å². The molecule has 9 nitrogen and oxygen atoms in total. The minimum absolute atomic E-state index is 0.118. The van der Waals surface area contributed by atoms with E-state index in [1.807, 2.05) is 41.1 Å². The summed E-state index contributed by atoms with van der Waals surface area (Å²) >= 11 is 12.7. The van der Waals surface area contributed by atoms with Gasteiger partial charge < -0.3 is 20.0 Å². The van der Waals surface area contributed by atoms with Crippen LogP contribution in [0.1, 0.15) is 17.3 Å². The zero-order chi connectivity index (χ0) is 25.4. The molecule has 2 amide bonds. The van der Waals surface area contributed by atoms with Gasteiger partial charge in [-0.05, 0) is 36.4 Å². The number of anilines is 5. The molecule has 0 spiro atoms. The highest BCUT2D eigenvalue weighted by molar-refractivity contribution is 6.40. The molecule has 0 aliphatic carbocycles. The van der Waals surface area contributed by atoms with Crippen molar-refractivity contribution in [3.8, 4) is 0 Å². The number of amides is 2. The first-order valence-corrected chi connectivity index (χ1v) is 12.3. The Balaban J connectivity index is 1.30. The molecule has 0 saturated carbocycles. The Labute approximate surface area is 219 Å². The summed E-state index contributed by atoms with van der Waals surface area (Å²) in [7, 11) is 1.85. The molecule has 2 aliphatic heterocycles. The topological polar surface area (TPSA) is 84.9 Å². The first-order valence-electron chi connectivity index (χ1n) is 11.5. The van der Waals surface area contributed by atoms with E-state index >= 15 is 0 Å². The zero-order valence-corrected chi connectivity index (χ0v) is 21.4. The smallest absolute Gasteiger partial charge is 0.265 e. The van der Waals surface area contributed by atoms with Crippen LogP contribution in [0.5, 0.6) is 0 Å². The van der Waals surface area contributed by atoms with E-state index in [1.165, 1.54) is 11.1 Å². The summed E-state index contributed by atoms with van der Waals surface area (Å²) in [4.78, 5) is 41.3. The van der Waals surface area contributed by atoms with Crippen LogP contribution in [-0.2, 0) is 4.79 Å². The van der Waals surface area contributed by atoms with Gasteiger partial charge in [0, 0.05) is 57.7 Å². The predicted octanol–water partition coefficient (Wildman–Crippen LogP) is 4.25. The lowest BCUT2D eigenvalue weighted by atomic mass is 10.2. The summed E-state index contributed by atoms with van der Waals surface area (Å²) in [5.41, 5.74) is 2.76. The maximum Gasteiger partial charge on any atom is 0.265 e. The van der Waals surface area contributed by atoms with Gasteiger partial charge in [-0.25, -0.2) is 4.98 Å². The van der Waals surface area contributed by atoms with Gasteiger partial charge in [-0.2, -0.15) is 4.98 Å². The largest absolute Gasteiger partial charge is 0.368 e. The Kier molecular flexibility index (Phi) is 6.59. The van der Waals surface area contributed by atoms with Crippen LogP contribution in [-0.4, -0.2) is 66.6 Å². The molecule has 3 heterocycles. The summed E-state index contributed by atoms with van der Waals surface area (Å²) < 4.78 is 0. The number of nitrogens with zero attached hydrogens (tertiary/aromatic N) is 6. The van der Waals surface area contributed by atoms with Crippen molar-refractivity contribution < 1.29 is 9.59 Å². The van der Waals surface area contributed by atoms with Crippen LogP contribution in [0, 0.1) is 0 Å². The van der Waals surface area contributed by atoms with Gasteiger partial charge in [-0.1, -0.05) is 29.3 Å². The van der Waals surface area contributed by atoms with Gasteiger partial charge >= 0.3 is 0 Å². The van der Waals surface area contributed by atoms with Crippen LogP contribution in [0.2, 0.25) is 10.0 Å². The number of fused-ring (bicyclic) bond motifs is 1. The SMILES string of the molecule is CC(=O)N1CCN(c2ccc(Nc3ncc4c(n3)N(C)CN(c3c(Cl)cccc3Cl)C4=O)cc2)CC1. The van der Waals surface area contributed by atoms with Gasteiger partial charge in [0.25, 0.3) is 5.91 Å². The molecule has 0 atom stereocenters. The molecule has 2 aliphatic rings. The van der Waals surface area contributed by atoms with E-state index in [0.717, 1.165) is 37.6 Å². The number of carbonyl (C=O) groups excluding carboxylic acids is 2. The molecule has 11 heteroatoms. The number of carbonyl (C=O) groups is 2. The van der Waals surface area contributed by atoms with Gasteiger partial charge in [-0.3, -0.25) is 14.5 Å². The number of aromatic nitrogens is 2. The highest BCUT2D eigenvalue weighted by Crippen LogP contribution is 2.37. The average Bonchev–Trinajstić information content (AvgIpc) is 2.87. The Morgan fingerprint density at radius 2 is 1.67 bits per heavy atom. The molecular weight excluding hydrogens is 501 g/mol. The second kappa shape index (κ2) is 9.83. The molecular formula is C25H25Cl2N7O2. The second-order valence-corrected chi connectivity index (χ2v) is 9.55. The lowest BCUT2D eigenvalue weighted by Crippen LogP contribution is -2.48. The van der Waals surface area contributed by atoms with Gasteiger partial charge in [0.05, 0.1) is 22.4 Å². The molecule has 5 rings (SSSR count). The van der Waals surface area contributed by atoms with Gasteiger partial charge in [0.2, 0.25) is 11.9 Å². The fraction of sp³-hybridized carbons (Fsp3) is 0.280. The predicted molar refractivity (Wildman–Crippen MR) is 143 cm³/mol. The van der Waals surface area contributed by atoms with Crippen LogP contribution in [0.3, 0.4) is 0 Å². The first kappa shape index (κ1) is 24.1. The van der Waals surface area contributed by atoms with Crippen molar-refractivity contribution in [2.45, 2.75) is 6.92 Å².